The molecule has 266 valence electrons. The van der Waals surface area contributed by atoms with E-state index in [1.165, 1.54) is 61.9 Å². The van der Waals surface area contributed by atoms with Crippen molar-refractivity contribution in [2.24, 2.45) is 0 Å². The third kappa shape index (κ3) is 4.05. The van der Waals surface area contributed by atoms with Crippen LogP contribution in [0.2, 0.25) is 0 Å². The molecule has 0 saturated heterocycles. The van der Waals surface area contributed by atoms with Gasteiger partial charge in [0.1, 0.15) is 12.1 Å². The van der Waals surface area contributed by atoms with E-state index >= 15 is 0 Å². The summed E-state index contributed by atoms with van der Waals surface area (Å²) in [5, 5.41) is 36.5. The number of hydrogen-bond acceptors (Lipinski definition) is 4. The third-order valence-electron chi connectivity index (χ3n) is 12.2. The van der Waals surface area contributed by atoms with Gasteiger partial charge in [0.2, 0.25) is 0 Å². The predicted molar refractivity (Wildman–Crippen MR) is 245 cm³/mol. The molecule has 0 saturated carbocycles. The molecule has 0 unspecified atom stereocenters. The normalized spacial score (nSPS) is 12.1. The maximum Gasteiger partial charge on any atom is 0.101 e. The molecular formula is C52H26N4S2. The Morgan fingerprint density at radius 2 is 0.776 bits per heavy atom. The van der Waals surface area contributed by atoms with Gasteiger partial charge >= 0.3 is 0 Å². The fraction of sp³-hybridized carbons (Fsp3) is 0. The number of nitrogens with zero attached hydrogens (tertiary/aromatic N) is 4. The van der Waals surface area contributed by atoms with Crippen LogP contribution < -0.4 is 0 Å². The Labute approximate surface area is 338 Å². The van der Waals surface area contributed by atoms with Gasteiger partial charge in [-0.1, -0.05) is 109 Å². The SMILES string of the molecule is N#Cc1cc(-n2c3ccccc3c3c4sc5ccc6ccccc6c5c4ccc32)c(C#N)cc1-n1c2ccccc2c2c3sc4ccc5ccccc5c4c3ccc21. The summed E-state index contributed by atoms with van der Waals surface area (Å²) in [5.41, 5.74) is 6.40. The highest BCUT2D eigenvalue weighted by Gasteiger charge is 2.24. The van der Waals surface area contributed by atoms with Crippen LogP contribution in [0, 0.1) is 22.7 Å². The van der Waals surface area contributed by atoms with Crippen LogP contribution in [0.25, 0.3) is 117 Å². The Morgan fingerprint density at radius 3 is 1.22 bits per heavy atom. The Hall–Kier alpha value is -7.48. The monoisotopic (exact) mass is 770 g/mol. The molecule has 0 aliphatic rings. The zero-order valence-corrected chi connectivity index (χ0v) is 32.2. The molecular weight excluding hydrogens is 745 g/mol. The first kappa shape index (κ1) is 31.7. The van der Waals surface area contributed by atoms with Crippen LogP contribution in [0.1, 0.15) is 11.1 Å². The van der Waals surface area contributed by atoms with Crippen LogP contribution in [-0.2, 0) is 0 Å². The number of rotatable bonds is 2. The Balaban J connectivity index is 1.09. The quantitative estimate of drug-likeness (QED) is 0.176. The van der Waals surface area contributed by atoms with E-state index in [4.69, 9.17) is 0 Å². The minimum Gasteiger partial charge on any atom is -0.308 e. The van der Waals surface area contributed by atoms with Gasteiger partial charge in [0.05, 0.1) is 44.6 Å². The predicted octanol–water partition coefficient (Wildman–Crippen LogP) is 14.7. The average molecular weight is 771 g/mol. The smallest absolute Gasteiger partial charge is 0.101 e. The lowest BCUT2D eigenvalue weighted by Crippen LogP contribution is -2.04. The van der Waals surface area contributed by atoms with Crippen molar-refractivity contribution in [3.8, 4) is 23.5 Å². The molecule has 0 fully saturated rings. The molecule has 0 atom stereocenters. The summed E-state index contributed by atoms with van der Waals surface area (Å²) in [4.78, 5) is 0. The molecule has 13 aromatic rings. The van der Waals surface area contributed by atoms with E-state index in [1.807, 2.05) is 34.8 Å². The van der Waals surface area contributed by atoms with E-state index in [9.17, 15) is 10.5 Å². The van der Waals surface area contributed by atoms with Crippen molar-refractivity contribution in [3.63, 3.8) is 0 Å². The summed E-state index contributed by atoms with van der Waals surface area (Å²) in [6.45, 7) is 0. The lowest BCUT2D eigenvalue weighted by atomic mass is 10.0. The molecule has 13 rings (SSSR count). The first-order valence-corrected chi connectivity index (χ1v) is 20.8. The molecule has 6 heteroatoms. The molecule has 0 aliphatic heterocycles. The van der Waals surface area contributed by atoms with E-state index in [-0.39, 0.29) is 0 Å². The van der Waals surface area contributed by atoms with E-state index in [2.05, 4.69) is 167 Å². The molecule has 0 N–H and O–H groups in total. The van der Waals surface area contributed by atoms with Crippen molar-refractivity contribution in [3.05, 3.63) is 169 Å². The van der Waals surface area contributed by atoms with Crippen LogP contribution >= 0.6 is 22.7 Å². The molecule has 0 radical (unpaired) electrons. The fourth-order valence-corrected chi connectivity index (χ4v) is 12.3. The number of fused-ring (bicyclic) bond motifs is 18. The van der Waals surface area contributed by atoms with Crippen molar-refractivity contribution in [2.75, 3.05) is 0 Å². The molecule has 4 aromatic heterocycles. The molecule has 58 heavy (non-hydrogen) atoms. The number of nitriles is 2. The highest BCUT2D eigenvalue weighted by molar-refractivity contribution is 7.27. The largest absolute Gasteiger partial charge is 0.308 e. The van der Waals surface area contributed by atoms with Gasteiger partial charge in [0, 0.05) is 61.9 Å². The van der Waals surface area contributed by atoms with Crippen molar-refractivity contribution in [1.82, 2.24) is 9.13 Å². The first-order chi connectivity index (χ1) is 28.7. The molecule has 0 bridgehead atoms. The van der Waals surface area contributed by atoms with E-state index < -0.39 is 0 Å². The van der Waals surface area contributed by atoms with E-state index in [0.717, 1.165) is 43.6 Å². The minimum absolute atomic E-state index is 0.499. The van der Waals surface area contributed by atoms with Crippen LogP contribution in [-0.4, -0.2) is 9.13 Å². The summed E-state index contributed by atoms with van der Waals surface area (Å²) >= 11 is 3.64. The highest BCUT2D eigenvalue weighted by Crippen LogP contribution is 2.48. The third-order valence-corrected chi connectivity index (χ3v) is 14.5. The van der Waals surface area contributed by atoms with Gasteiger partial charge in [-0.2, -0.15) is 10.5 Å². The molecule has 9 aromatic carbocycles. The van der Waals surface area contributed by atoms with E-state index in [0.29, 0.717) is 22.5 Å². The van der Waals surface area contributed by atoms with Crippen LogP contribution in [0.4, 0.5) is 0 Å². The van der Waals surface area contributed by atoms with Gasteiger partial charge in [0.15, 0.2) is 0 Å². The van der Waals surface area contributed by atoms with Crippen LogP contribution in [0.15, 0.2) is 158 Å². The van der Waals surface area contributed by atoms with Gasteiger partial charge in [0.25, 0.3) is 0 Å². The Kier molecular flexibility index (Phi) is 6.30. The van der Waals surface area contributed by atoms with Gasteiger partial charge in [-0.05, 0) is 70.1 Å². The number of para-hydroxylation sites is 2. The second-order valence-electron chi connectivity index (χ2n) is 15.0. The molecule has 0 aliphatic carbocycles. The van der Waals surface area contributed by atoms with Gasteiger partial charge < -0.3 is 9.13 Å². The average Bonchev–Trinajstić information content (AvgIpc) is 4.03. The lowest BCUT2D eigenvalue weighted by molar-refractivity contribution is 1.12. The Bertz CT molecular complexity index is 3800. The summed E-state index contributed by atoms with van der Waals surface area (Å²) in [7, 11) is 0. The maximum absolute atomic E-state index is 11.0. The number of hydrogen-bond donors (Lipinski definition) is 0. The zero-order chi connectivity index (χ0) is 38.2. The summed E-state index contributed by atoms with van der Waals surface area (Å²) in [6, 6.07) is 60.8. The Morgan fingerprint density at radius 1 is 0.362 bits per heavy atom. The molecule has 0 spiro atoms. The van der Waals surface area contributed by atoms with E-state index in [1.54, 1.807) is 0 Å². The number of benzene rings is 9. The van der Waals surface area contributed by atoms with Crippen LogP contribution in [0.3, 0.4) is 0 Å². The second kappa shape index (κ2) is 11.5. The van der Waals surface area contributed by atoms with Crippen molar-refractivity contribution in [1.29, 1.82) is 10.5 Å². The maximum atomic E-state index is 11.0. The van der Waals surface area contributed by atoms with Gasteiger partial charge in [-0.25, -0.2) is 0 Å². The second-order valence-corrected chi connectivity index (χ2v) is 17.1. The minimum atomic E-state index is 0.499. The topological polar surface area (TPSA) is 57.4 Å². The molecule has 4 nitrogen and oxygen atoms in total. The molecule has 0 amide bonds. The zero-order valence-electron chi connectivity index (χ0n) is 30.6. The first-order valence-electron chi connectivity index (χ1n) is 19.2. The lowest BCUT2D eigenvalue weighted by Gasteiger charge is -2.15. The highest BCUT2D eigenvalue weighted by atomic mass is 32.1. The fourth-order valence-electron chi connectivity index (χ4n) is 9.76. The van der Waals surface area contributed by atoms with Crippen LogP contribution in [0.5, 0.6) is 0 Å². The number of aromatic nitrogens is 2. The number of thiophene rings is 2. The summed E-state index contributed by atoms with van der Waals surface area (Å²) in [5.74, 6) is 0. The standard InChI is InChI=1S/C52H26N4S2/c53-27-31-26-44(56-40-16-8-6-14-36(40)50-42(56)22-20-38-48-34-12-4-2-10-30(34)18-24-46(48)58-52(38)50)32(28-54)25-43(31)55-39-15-7-5-13-35(39)49-41(55)21-19-37-47-33-11-3-1-9-29(33)17-23-45(47)57-51(37)49/h1-26H. The van der Waals surface area contributed by atoms with Crippen molar-refractivity contribution >= 4 is 128 Å². The van der Waals surface area contributed by atoms with Gasteiger partial charge in [-0.15, -0.1) is 22.7 Å². The van der Waals surface area contributed by atoms with Crippen molar-refractivity contribution in [2.45, 2.75) is 0 Å². The summed E-state index contributed by atoms with van der Waals surface area (Å²) in [6.07, 6.45) is 0. The summed E-state index contributed by atoms with van der Waals surface area (Å²) < 4.78 is 9.32. The molecule has 4 heterocycles. The van der Waals surface area contributed by atoms with Crippen molar-refractivity contribution < 1.29 is 0 Å². The van der Waals surface area contributed by atoms with Gasteiger partial charge in [-0.3, -0.25) is 0 Å².